The number of hydrogen-bond acceptors (Lipinski definition) is 6. The van der Waals surface area contributed by atoms with E-state index in [0.717, 1.165) is 18.2 Å². The molecule has 1 saturated heterocycles. The van der Waals surface area contributed by atoms with Crippen LogP contribution >= 0.6 is 0 Å². The second kappa shape index (κ2) is 8.19. The minimum absolute atomic E-state index is 0.103. The lowest BCUT2D eigenvalue weighted by atomic mass is 10.0. The molecule has 1 N–H and O–H groups in total. The quantitative estimate of drug-likeness (QED) is 0.779. The number of benzene rings is 2. The number of rotatable bonds is 3. The molecule has 0 bridgehead atoms. The first-order valence-electron chi connectivity index (χ1n) is 9.66. The van der Waals surface area contributed by atoms with E-state index in [1.807, 2.05) is 39.0 Å². The molecule has 156 valence electrons. The predicted molar refractivity (Wildman–Crippen MR) is 108 cm³/mol. The second-order valence-corrected chi connectivity index (χ2v) is 8.15. The molecule has 29 heavy (non-hydrogen) atoms. The van der Waals surface area contributed by atoms with Crippen LogP contribution in [-0.4, -0.2) is 54.0 Å². The summed E-state index contributed by atoms with van der Waals surface area (Å²) in [7, 11) is 1.27. The van der Waals surface area contributed by atoms with Gasteiger partial charge in [-0.05, 0) is 57.2 Å². The summed E-state index contributed by atoms with van der Waals surface area (Å²) in [5.41, 5.74) is -0.444. The number of phenolic OH excluding ortho intramolecular Hbond substituents is 1. The van der Waals surface area contributed by atoms with Crippen LogP contribution in [0.4, 0.5) is 4.79 Å². The number of likely N-dealkylation sites (tertiary alicyclic amines) is 1. The molecule has 1 aliphatic heterocycles. The van der Waals surface area contributed by atoms with Crippen molar-refractivity contribution in [1.82, 2.24) is 4.90 Å². The fraction of sp³-hybridized carbons (Fsp3) is 0.455. The van der Waals surface area contributed by atoms with Crippen LogP contribution in [0.2, 0.25) is 0 Å². The third-order valence-corrected chi connectivity index (χ3v) is 4.69. The van der Waals surface area contributed by atoms with E-state index < -0.39 is 11.6 Å². The number of methoxy groups -OCH3 is 1. The summed E-state index contributed by atoms with van der Waals surface area (Å²) in [5, 5.41) is 11.7. The predicted octanol–water partition coefficient (Wildman–Crippen LogP) is 4.11. The maximum absolute atomic E-state index is 12.4. The lowest BCUT2D eigenvalue weighted by molar-refractivity contribution is 0.00793. The number of aromatic hydroxyl groups is 1. The summed E-state index contributed by atoms with van der Waals surface area (Å²) in [5.74, 6) is -0.180. The third kappa shape index (κ3) is 4.91. The zero-order chi connectivity index (χ0) is 21.2. The van der Waals surface area contributed by atoms with Crippen molar-refractivity contribution in [2.24, 2.45) is 0 Å². The lowest BCUT2D eigenvalue weighted by Gasteiger charge is -2.34. The van der Waals surface area contributed by atoms with Gasteiger partial charge in [-0.25, -0.2) is 9.59 Å². The van der Waals surface area contributed by atoms with E-state index in [2.05, 4.69) is 0 Å². The Kier molecular flexibility index (Phi) is 5.86. The molecule has 0 aliphatic carbocycles. The summed E-state index contributed by atoms with van der Waals surface area (Å²) < 4.78 is 16.4. The first-order chi connectivity index (χ1) is 13.7. The van der Waals surface area contributed by atoms with Crippen LogP contribution in [0.3, 0.4) is 0 Å². The molecule has 0 radical (unpaired) electrons. The minimum atomic E-state index is -0.601. The summed E-state index contributed by atoms with van der Waals surface area (Å²) >= 11 is 0. The van der Waals surface area contributed by atoms with Gasteiger partial charge in [0.25, 0.3) is 0 Å². The van der Waals surface area contributed by atoms with Gasteiger partial charge in [-0.1, -0.05) is 12.1 Å². The van der Waals surface area contributed by atoms with Gasteiger partial charge < -0.3 is 24.2 Å². The Hall–Kier alpha value is -2.96. The highest BCUT2D eigenvalue weighted by Gasteiger charge is 2.29. The van der Waals surface area contributed by atoms with Crippen molar-refractivity contribution in [2.45, 2.75) is 45.3 Å². The maximum atomic E-state index is 12.4. The van der Waals surface area contributed by atoms with E-state index in [0.29, 0.717) is 24.2 Å². The van der Waals surface area contributed by atoms with Crippen molar-refractivity contribution in [3.63, 3.8) is 0 Å². The summed E-state index contributed by atoms with van der Waals surface area (Å²) in [6.07, 6.45) is 1.09. The number of fused-ring (bicyclic) bond motifs is 1. The van der Waals surface area contributed by atoms with Gasteiger partial charge in [0.2, 0.25) is 0 Å². The fourth-order valence-corrected chi connectivity index (χ4v) is 3.37. The number of piperidine rings is 1. The van der Waals surface area contributed by atoms with Crippen molar-refractivity contribution in [3.05, 3.63) is 35.9 Å². The fourth-order valence-electron chi connectivity index (χ4n) is 3.37. The monoisotopic (exact) mass is 401 g/mol. The topological polar surface area (TPSA) is 85.3 Å². The van der Waals surface area contributed by atoms with E-state index in [1.165, 1.54) is 13.2 Å². The number of hydrogen-bond donors (Lipinski definition) is 1. The van der Waals surface area contributed by atoms with Crippen LogP contribution in [0.5, 0.6) is 11.5 Å². The van der Waals surface area contributed by atoms with Crippen LogP contribution in [0.1, 0.15) is 44.0 Å². The molecule has 1 heterocycles. The number of carbonyl (C=O) groups excluding carboxylic acids is 2. The van der Waals surface area contributed by atoms with E-state index in [-0.39, 0.29) is 23.5 Å². The third-order valence-electron chi connectivity index (χ3n) is 4.69. The summed E-state index contributed by atoms with van der Waals surface area (Å²) in [6.45, 7) is 6.58. The van der Waals surface area contributed by atoms with Crippen LogP contribution in [0.15, 0.2) is 30.3 Å². The van der Waals surface area contributed by atoms with Gasteiger partial charge in [0.05, 0.1) is 13.7 Å². The SMILES string of the molecule is COC(=O)c1cc2cccc(OC3CCCN(C(=O)OC(C)(C)C)C3)c2cc1O. The van der Waals surface area contributed by atoms with Gasteiger partial charge in [0.1, 0.15) is 28.8 Å². The van der Waals surface area contributed by atoms with Crippen molar-refractivity contribution in [1.29, 1.82) is 0 Å². The maximum Gasteiger partial charge on any atom is 0.410 e. The van der Waals surface area contributed by atoms with Crippen molar-refractivity contribution in [3.8, 4) is 11.5 Å². The molecule has 1 aliphatic rings. The van der Waals surface area contributed by atoms with Crippen molar-refractivity contribution >= 4 is 22.8 Å². The number of esters is 1. The number of nitrogens with zero attached hydrogens (tertiary/aromatic N) is 1. The standard InChI is InChI=1S/C22H27NO6/c1-22(2,3)29-21(26)23-10-6-8-15(13-23)28-19-9-5-7-14-11-17(20(25)27-4)18(24)12-16(14)19/h5,7,9,11-12,15,24H,6,8,10,13H2,1-4H3. The highest BCUT2D eigenvalue weighted by atomic mass is 16.6. The minimum Gasteiger partial charge on any atom is -0.507 e. The van der Waals surface area contributed by atoms with Crippen molar-refractivity contribution < 1.29 is 28.9 Å². The lowest BCUT2D eigenvalue weighted by Crippen LogP contribution is -2.46. The first kappa shape index (κ1) is 20.8. The van der Waals surface area contributed by atoms with Crippen molar-refractivity contribution in [2.75, 3.05) is 20.2 Å². The van der Waals surface area contributed by atoms with E-state index >= 15 is 0 Å². The normalized spacial score (nSPS) is 17.1. The van der Waals surface area contributed by atoms with Crippen LogP contribution < -0.4 is 4.74 Å². The molecule has 7 heteroatoms. The van der Waals surface area contributed by atoms with Gasteiger partial charge in [0, 0.05) is 11.9 Å². The molecule has 1 atom stereocenters. The second-order valence-electron chi connectivity index (χ2n) is 8.15. The molecule has 3 rings (SSSR count). The molecule has 2 aromatic rings. The molecule has 7 nitrogen and oxygen atoms in total. The smallest absolute Gasteiger partial charge is 0.410 e. The Labute approximate surface area is 170 Å². The Morgan fingerprint density at radius 3 is 2.66 bits per heavy atom. The van der Waals surface area contributed by atoms with Gasteiger partial charge in [-0.15, -0.1) is 0 Å². The zero-order valence-electron chi connectivity index (χ0n) is 17.2. The molecule has 1 unspecified atom stereocenters. The number of ether oxygens (including phenoxy) is 3. The highest BCUT2D eigenvalue weighted by molar-refractivity contribution is 6.00. The largest absolute Gasteiger partial charge is 0.507 e. The molecule has 2 aromatic carbocycles. The first-order valence-corrected chi connectivity index (χ1v) is 9.66. The van der Waals surface area contributed by atoms with Gasteiger partial charge in [-0.2, -0.15) is 0 Å². The molecule has 0 aromatic heterocycles. The Morgan fingerprint density at radius 2 is 1.97 bits per heavy atom. The molecule has 0 spiro atoms. The van der Waals surface area contributed by atoms with E-state index in [4.69, 9.17) is 14.2 Å². The Balaban J connectivity index is 1.80. The number of amides is 1. The van der Waals surface area contributed by atoms with Crippen LogP contribution in [0.25, 0.3) is 10.8 Å². The molecular weight excluding hydrogens is 374 g/mol. The van der Waals surface area contributed by atoms with Gasteiger partial charge >= 0.3 is 12.1 Å². The Bertz CT molecular complexity index is 917. The molecule has 1 fully saturated rings. The van der Waals surface area contributed by atoms with Crippen LogP contribution in [0, 0.1) is 0 Å². The zero-order valence-corrected chi connectivity index (χ0v) is 17.2. The number of carbonyl (C=O) groups is 2. The average molecular weight is 401 g/mol. The van der Waals surface area contributed by atoms with Gasteiger partial charge in [0.15, 0.2) is 0 Å². The van der Waals surface area contributed by atoms with E-state index in [9.17, 15) is 14.7 Å². The average Bonchev–Trinajstić information content (AvgIpc) is 2.66. The molecular formula is C22H27NO6. The number of phenols is 1. The highest BCUT2D eigenvalue weighted by Crippen LogP contribution is 2.33. The van der Waals surface area contributed by atoms with E-state index in [1.54, 1.807) is 11.0 Å². The Morgan fingerprint density at radius 1 is 1.21 bits per heavy atom. The molecule has 1 amide bonds. The summed E-state index contributed by atoms with van der Waals surface area (Å²) in [4.78, 5) is 25.8. The van der Waals surface area contributed by atoms with Crippen LogP contribution in [-0.2, 0) is 9.47 Å². The summed E-state index contributed by atoms with van der Waals surface area (Å²) in [6, 6.07) is 8.56. The van der Waals surface area contributed by atoms with Gasteiger partial charge in [-0.3, -0.25) is 0 Å². The molecule has 0 saturated carbocycles.